The maximum atomic E-state index is 5.89. The Labute approximate surface area is 213 Å². The average Bonchev–Trinajstić information content (AvgIpc) is 3.35. The van der Waals surface area contributed by atoms with Gasteiger partial charge in [-0.15, -0.1) is 0 Å². The minimum atomic E-state index is -0.104. The van der Waals surface area contributed by atoms with E-state index < -0.39 is 0 Å². The van der Waals surface area contributed by atoms with Crippen molar-refractivity contribution in [2.45, 2.75) is 25.9 Å². The molecule has 2 unspecified atom stereocenters. The van der Waals surface area contributed by atoms with E-state index in [1.807, 2.05) is 42.6 Å². The molecule has 1 aliphatic rings. The van der Waals surface area contributed by atoms with Gasteiger partial charge in [0.25, 0.3) is 0 Å². The molecule has 172 valence electrons. The van der Waals surface area contributed by atoms with Crippen molar-refractivity contribution in [3.8, 4) is 11.4 Å². The number of rotatable bonds is 5. The molecule has 1 N–H and O–H groups in total. The van der Waals surface area contributed by atoms with Crippen molar-refractivity contribution in [2.75, 3.05) is 12.0 Å². The van der Waals surface area contributed by atoms with Crippen molar-refractivity contribution < 1.29 is 4.74 Å². The summed E-state index contributed by atoms with van der Waals surface area (Å²) in [6.45, 7) is 4.31. The Bertz CT molecular complexity index is 1350. The van der Waals surface area contributed by atoms with Crippen LogP contribution >= 0.6 is 28.1 Å². The number of thiocarbonyl (C=S) groups is 1. The van der Waals surface area contributed by atoms with Crippen LogP contribution in [0.15, 0.2) is 83.5 Å². The lowest BCUT2D eigenvalue weighted by molar-refractivity contribution is 0.415. The fourth-order valence-corrected chi connectivity index (χ4v) is 5.61. The molecule has 5 rings (SSSR count). The molecule has 0 amide bonds. The summed E-state index contributed by atoms with van der Waals surface area (Å²) in [5.74, 6) is 0.791. The second-order valence-electron chi connectivity index (χ2n) is 8.31. The SMILES string of the molecule is COc1cccc(N2C(=S)NC(c3ccccn3)C2c2cc(C)n(-c3ccccc3Br)c2C)c1. The number of pyridine rings is 1. The molecule has 1 saturated heterocycles. The molecule has 5 nitrogen and oxygen atoms in total. The molecule has 2 aromatic carbocycles. The first kappa shape index (κ1) is 22.6. The fraction of sp³-hybridized carbons (Fsp3) is 0.185. The summed E-state index contributed by atoms with van der Waals surface area (Å²) in [5, 5.41) is 4.21. The standard InChI is InChI=1S/C27H25BrN4OS/c1-17-15-21(18(2)31(17)24-13-5-4-11-22(24)28)26-25(23-12-6-7-14-29-23)30-27(34)32(26)19-9-8-10-20(16-19)33-3/h4-16,25-26H,1-3H3,(H,30,34). The number of methoxy groups -OCH3 is 1. The zero-order valence-corrected chi connectivity index (χ0v) is 21.6. The maximum absolute atomic E-state index is 5.89. The van der Waals surface area contributed by atoms with Crippen LogP contribution in [-0.2, 0) is 0 Å². The van der Waals surface area contributed by atoms with Gasteiger partial charge in [-0.25, -0.2) is 0 Å². The van der Waals surface area contributed by atoms with Gasteiger partial charge in [-0.3, -0.25) is 4.98 Å². The fourth-order valence-electron chi connectivity index (χ4n) is 4.80. The van der Waals surface area contributed by atoms with Gasteiger partial charge < -0.3 is 19.5 Å². The molecule has 2 atom stereocenters. The summed E-state index contributed by atoms with van der Waals surface area (Å²) in [6, 6.07) is 24.4. The second-order valence-corrected chi connectivity index (χ2v) is 9.55. The van der Waals surface area contributed by atoms with E-state index in [9.17, 15) is 0 Å². The molecule has 0 bridgehead atoms. The van der Waals surface area contributed by atoms with Crippen molar-refractivity contribution in [3.05, 3.63) is 106 Å². The molecule has 1 aliphatic heterocycles. The lowest BCUT2D eigenvalue weighted by Crippen LogP contribution is -2.29. The molecule has 0 saturated carbocycles. The average molecular weight is 533 g/mol. The summed E-state index contributed by atoms with van der Waals surface area (Å²) < 4.78 is 8.85. The van der Waals surface area contributed by atoms with E-state index in [2.05, 4.69) is 85.9 Å². The lowest BCUT2D eigenvalue weighted by Gasteiger charge is -2.28. The van der Waals surface area contributed by atoms with Gasteiger partial charge in [-0.2, -0.15) is 0 Å². The number of aromatic nitrogens is 2. The van der Waals surface area contributed by atoms with Gasteiger partial charge in [0.15, 0.2) is 5.11 Å². The number of ether oxygens (including phenoxy) is 1. The minimum absolute atomic E-state index is 0.0862. The number of nitrogens with one attached hydrogen (secondary N) is 1. The minimum Gasteiger partial charge on any atom is -0.497 e. The molecule has 34 heavy (non-hydrogen) atoms. The van der Waals surface area contributed by atoms with E-state index in [1.54, 1.807) is 7.11 Å². The first-order chi connectivity index (χ1) is 16.5. The van der Waals surface area contributed by atoms with Gasteiger partial charge in [0.2, 0.25) is 0 Å². The third kappa shape index (κ3) is 3.89. The lowest BCUT2D eigenvalue weighted by atomic mass is 9.96. The van der Waals surface area contributed by atoms with Crippen LogP contribution in [-0.4, -0.2) is 21.8 Å². The van der Waals surface area contributed by atoms with Gasteiger partial charge >= 0.3 is 0 Å². The number of nitrogens with zero attached hydrogens (tertiary/aromatic N) is 3. The summed E-state index contributed by atoms with van der Waals surface area (Å²) in [7, 11) is 1.68. The highest BCUT2D eigenvalue weighted by atomic mass is 79.9. The van der Waals surface area contributed by atoms with Crippen molar-refractivity contribution in [2.24, 2.45) is 0 Å². The smallest absolute Gasteiger partial charge is 0.174 e. The molecular formula is C27H25BrN4OS. The molecule has 1 fully saturated rings. The quantitative estimate of drug-likeness (QED) is 0.299. The number of para-hydroxylation sites is 1. The highest BCUT2D eigenvalue weighted by molar-refractivity contribution is 9.10. The van der Waals surface area contributed by atoms with Crippen LogP contribution in [0, 0.1) is 13.8 Å². The summed E-state index contributed by atoms with van der Waals surface area (Å²) in [4.78, 5) is 6.86. The zero-order chi connectivity index (χ0) is 23.8. The van der Waals surface area contributed by atoms with E-state index >= 15 is 0 Å². The summed E-state index contributed by atoms with van der Waals surface area (Å²) in [5.41, 5.74) is 6.55. The van der Waals surface area contributed by atoms with Gasteiger partial charge in [0.05, 0.1) is 30.6 Å². The molecule has 4 aromatic rings. The Morgan fingerprint density at radius 3 is 2.53 bits per heavy atom. The molecule has 3 heterocycles. The number of anilines is 1. The number of benzene rings is 2. The van der Waals surface area contributed by atoms with E-state index in [1.165, 1.54) is 5.56 Å². The Hall–Kier alpha value is -3.16. The van der Waals surface area contributed by atoms with Gasteiger partial charge in [-0.1, -0.05) is 24.3 Å². The third-order valence-electron chi connectivity index (χ3n) is 6.31. The predicted molar refractivity (Wildman–Crippen MR) is 144 cm³/mol. The first-order valence-corrected chi connectivity index (χ1v) is 12.3. The van der Waals surface area contributed by atoms with Crippen LogP contribution < -0.4 is 15.0 Å². The van der Waals surface area contributed by atoms with Crippen LogP contribution in [0.5, 0.6) is 5.75 Å². The van der Waals surface area contributed by atoms with E-state index in [4.69, 9.17) is 17.0 Å². The number of hydrogen-bond donors (Lipinski definition) is 1. The van der Waals surface area contributed by atoms with Crippen LogP contribution in [0.3, 0.4) is 0 Å². The first-order valence-electron chi connectivity index (χ1n) is 11.1. The highest BCUT2D eigenvalue weighted by Gasteiger charge is 2.42. The topological polar surface area (TPSA) is 42.3 Å². The maximum Gasteiger partial charge on any atom is 0.174 e. The third-order valence-corrected chi connectivity index (χ3v) is 7.30. The zero-order valence-electron chi connectivity index (χ0n) is 19.2. The van der Waals surface area contributed by atoms with Crippen LogP contribution in [0.25, 0.3) is 5.69 Å². The van der Waals surface area contributed by atoms with Crippen LogP contribution in [0.1, 0.15) is 34.7 Å². The van der Waals surface area contributed by atoms with Crippen molar-refractivity contribution in [1.29, 1.82) is 0 Å². The Kier molecular flexibility index (Phi) is 6.15. The van der Waals surface area contributed by atoms with Gasteiger partial charge in [0.1, 0.15) is 5.75 Å². The Balaban J connectivity index is 1.70. The van der Waals surface area contributed by atoms with Gasteiger partial charge in [-0.05, 0) is 90.0 Å². The number of hydrogen-bond acceptors (Lipinski definition) is 3. The highest BCUT2D eigenvalue weighted by Crippen LogP contribution is 2.44. The molecule has 7 heteroatoms. The Morgan fingerprint density at radius 2 is 1.79 bits per heavy atom. The van der Waals surface area contributed by atoms with E-state index in [0.29, 0.717) is 5.11 Å². The van der Waals surface area contributed by atoms with Gasteiger partial charge in [0, 0.05) is 33.8 Å². The number of halogens is 1. The van der Waals surface area contributed by atoms with E-state index in [0.717, 1.165) is 38.7 Å². The van der Waals surface area contributed by atoms with Crippen molar-refractivity contribution >= 4 is 38.9 Å². The normalized spacial score (nSPS) is 17.6. The predicted octanol–water partition coefficient (Wildman–Crippen LogP) is 6.44. The van der Waals surface area contributed by atoms with Crippen molar-refractivity contribution in [1.82, 2.24) is 14.9 Å². The molecule has 2 aromatic heterocycles. The summed E-state index contributed by atoms with van der Waals surface area (Å²) in [6.07, 6.45) is 1.83. The summed E-state index contributed by atoms with van der Waals surface area (Å²) >= 11 is 9.61. The van der Waals surface area contributed by atoms with Crippen molar-refractivity contribution in [3.63, 3.8) is 0 Å². The Morgan fingerprint density at radius 1 is 1.00 bits per heavy atom. The monoisotopic (exact) mass is 532 g/mol. The number of aryl methyl sites for hydroxylation is 1. The second kappa shape index (κ2) is 9.24. The van der Waals surface area contributed by atoms with Crippen LogP contribution in [0.4, 0.5) is 5.69 Å². The van der Waals surface area contributed by atoms with Crippen LogP contribution in [0.2, 0.25) is 0 Å². The largest absolute Gasteiger partial charge is 0.497 e. The van der Waals surface area contributed by atoms with E-state index in [-0.39, 0.29) is 12.1 Å². The molecule has 0 aliphatic carbocycles. The molecular weight excluding hydrogens is 508 g/mol. The molecule has 0 spiro atoms. The molecule has 0 radical (unpaired) electrons.